The summed E-state index contributed by atoms with van der Waals surface area (Å²) in [5.74, 6) is 1.86. The Morgan fingerprint density at radius 2 is 1.71 bits per heavy atom. The zero-order valence-corrected chi connectivity index (χ0v) is 10.8. The molecule has 0 aliphatic rings. The molecule has 3 nitrogen and oxygen atoms in total. The van der Waals surface area contributed by atoms with E-state index in [2.05, 4.69) is 0 Å². The van der Waals surface area contributed by atoms with Gasteiger partial charge in [0.05, 0.1) is 14.2 Å². The van der Waals surface area contributed by atoms with E-state index < -0.39 is 0 Å². The van der Waals surface area contributed by atoms with Gasteiger partial charge in [0.1, 0.15) is 17.3 Å². The van der Waals surface area contributed by atoms with Crippen molar-refractivity contribution in [3.05, 3.63) is 23.8 Å². The van der Waals surface area contributed by atoms with Gasteiger partial charge in [-0.25, -0.2) is 0 Å². The summed E-state index contributed by atoms with van der Waals surface area (Å²) in [7, 11) is 3.26. The third kappa shape index (κ3) is 3.77. The number of hydrogen-bond donors (Lipinski definition) is 0. The lowest BCUT2D eigenvalue weighted by Gasteiger charge is -2.12. The third-order valence-electron chi connectivity index (χ3n) is 2.71. The van der Waals surface area contributed by atoms with E-state index >= 15 is 0 Å². The van der Waals surface area contributed by atoms with Gasteiger partial charge in [0.25, 0.3) is 0 Å². The van der Waals surface area contributed by atoms with Gasteiger partial charge in [-0.15, -0.1) is 0 Å². The number of carbonyl (C=O) groups is 1. The van der Waals surface area contributed by atoms with Crippen LogP contribution in [0.3, 0.4) is 0 Å². The van der Waals surface area contributed by atoms with Gasteiger partial charge in [0.15, 0.2) is 0 Å². The van der Waals surface area contributed by atoms with Gasteiger partial charge >= 0.3 is 0 Å². The molecule has 0 aromatic heterocycles. The van der Waals surface area contributed by atoms with Crippen molar-refractivity contribution < 1.29 is 14.3 Å². The molecule has 0 saturated carbocycles. The molecule has 0 amide bonds. The van der Waals surface area contributed by atoms with Crippen molar-refractivity contribution in [1.82, 2.24) is 0 Å². The van der Waals surface area contributed by atoms with Crippen LogP contribution in [0.25, 0.3) is 0 Å². The van der Waals surface area contributed by atoms with Gasteiger partial charge < -0.3 is 9.47 Å². The van der Waals surface area contributed by atoms with E-state index in [0.717, 1.165) is 23.5 Å². The predicted molar refractivity (Wildman–Crippen MR) is 67.8 cm³/mol. The summed E-state index contributed by atoms with van der Waals surface area (Å²) in [5.41, 5.74) is 0.974. The Hall–Kier alpha value is -1.51. The number of Topliss-reactive ketones (excluding diaryl/α,β-unsaturated/α-hetero) is 1. The van der Waals surface area contributed by atoms with Crippen LogP contribution in [0.15, 0.2) is 18.2 Å². The van der Waals surface area contributed by atoms with Gasteiger partial charge in [-0.2, -0.15) is 0 Å². The van der Waals surface area contributed by atoms with E-state index in [1.165, 1.54) is 0 Å². The molecular weight excluding hydrogens is 216 g/mol. The lowest BCUT2D eigenvalue weighted by atomic mass is 10.0. The maximum atomic E-state index is 11.5. The van der Waals surface area contributed by atoms with Crippen molar-refractivity contribution in [2.24, 2.45) is 0 Å². The lowest BCUT2D eigenvalue weighted by molar-refractivity contribution is -0.119. The SMILES string of the molecule is CCCC(=O)CCc1c(OC)cccc1OC. The van der Waals surface area contributed by atoms with Crippen LogP contribution < -0.4 is 9.47 Å². The first-order valence-corrected chi connectivity index (χ1v) is 5.94. The third-order valence-corrected chi connectivity index (χ3v) is 2.71. The number of hydrogen-bond acceptors (Lipinski definition) is 3. The van der Waals surface area contributed by atoms with Crippen LogP contribution in [0.5, 0.6) is 11.5 Å². The maximum Gasteiger partial charge on any atom is 0.133 e. The summed E-state index contributed by atoms with van der Waals surface area (Å²) in [6.07, 6.45) is 2.77. The second-order valence-corrected chi connectivity index (χ2v) is 3.93. The highest BCUT2D eigenvalue weighted by atomic mass is 16.5. The molecule has 1 aromatic carbocycles. The quantitative estimate of drug-likeness (QED) is 0.730. The monoisotopic (exact) mass is 236 g/mol. The fourth-order valence-corrected chi connectivity index (χ4v) is 1.84. The minimum absolute atomic E-state index is 0.292. The molecule has 0 aliphatic carbocycles. The molecule has 17 heavy (non-hydrogen) atoms. The van der Waals surface area contributed by atoms with Crippen LogP contribution in [0.2, 0.25) is 0 Å². The zero-order chi connectivity index (χ0) is 12.7. The molecule has 0 heterocycles. The van der Waals surface area contributed by atoms with E-state index in [4.69, 9.17) is 9.47 Å². The summed E-state index contributed by atoms with van der Waals surface area (Å²) in [5, 5.41) is 0. The predicted octanol–water partition coefficient (Wildman–Crippen LogP) is 3.01. The molecule has 0 N–H and O–H groups in total. The van der Waals surface area contributed by atoms with Gasteiger partial charge in [0.2, 0.25) is 0 Å². The molecule has 0 aliphatic heterocycles. The van der Waals surface area contributed by atoms with Crippen LogP contribution in [-0.4, -0.2) is 20.0 Å². The van der Waals surface area contributed by atoms with Crippen LogP contribution in [-0.2, 0) is 11.2 Å². The Labute approximate surface area is 103 Å². The average Bonchev–Trinajstić information content (AvgIpc) is 2.36. The lowest BCUT2D eigenvalue weighted by Crippen LogP contribution is -2.02. The molecule has 0 radical (unpaired) electrons. The van der Waals surface area contributed by atoms with Gasteiger partial charge in [-0.1, -0.05) is 13.0 Å². The van der Waals surface area contributed by atoms with E-state index in [0.29, 0.717) is 25.0 Å². The molecule has 0 unspecified atom stereocenters. The molecule has 0 saturated heterocycles. The summed E-state index contributed by atoms with van der Waals surface area (Å²) in [4.78, 5) is 11.5. The van der Waals surface area contributed by atoms with E-state index in [9.17, 15) is 4.79 Å². The first-order valence-electron chi connectivity index (χ1n) is 5.94. The van der Waals surface area contributed by atoms with Gasteiger partial charge in [-0.05, 0) is 25.0 Å². The number of rotatable bonds is 7. The summed E-state index contributed by atoms with van der Waals surface area (Å²) in [6, 6.07) is 5.67. The van der Waals surface area contributed by atoms with Crippen molar-refractivity contribution in [2.45, 2.75) is 32.6 Å². The largest absolute Gasteiger partial charge is 0.496 e. The van der Waals surface area contributed by atoms with E-state index in [1.54, 1.807) is 14.2 Å². The Kier molecular flexibility index (Phi) is 5.53. The Balaban J connectivity index is 2.77. The Morgan fingerprint density at radius 3 is 2.18 bits per heavy atom. The van der Waals surface area contributed by atoms with Crippen molar-refractivity contribution >= 4 is 5.78 Å². The highest BCUT2D eigenvalue weighted by Gasteiger charge is 2.11. The summed E-state index contributed by atoms with van der Waals surface area (Å²) < 4.78 is 10.6. The van der Waals surface area contributed by atoms with Gasteiger partial charge in [0, 0.05) is 18.4 Å². The number of methoxy groups -OCH3 is 2. The normalized spacial score (nSPS) is 10.1. The van der Waals surface area contributed by atoms with E-state index in [-0.39, 0.29) is 0 Å². The molecule has 0 spiro atoms. The summed E-state index contributed by atoms with van der Waals surface area (Å²) in [6.45, 7) is 2.02. The van der Waals surface area contributed by atoms with Crippen molar-refractivity contribution in [1.29, 1.82) is 0 Å². The molecular formula is C14H20O3. The summed E-state index contributed by atoms with van der Waals surface area (Å²) >= 11 is 0. The van der Waals surface area contributed by atoms with Gasteiger partial charge in [-0.3, -0.25) is 4.79 Å². The standard InChI is InChI=1S/C14H20O3/c1-4-6-11(15)9-10-12-13(16-2)7-5-8-14(12)17-3/h5,7-8H,4,6,9-10H2,1-3H3. The Bertz CT molecular complexity index is 349. The van der Waals surface area contributed by atoms with Crippen LogP contribution in [0, 0.1) is 0 Å². The fraction of sp³-hybridized carbons (Fsp3) is 0.500. The second-order valence-electron chi connectivity index (χ2n) is 3.93. The van der Waals surface area contributed by atoms with Crippen molar-refractivity contribution in [2.75, 3.05) is 14.2 Å². The molecule has 1 rings (SSSR count). The topological polar surface area (TPSA) is 35.5 Å². The number of ketones is 1. The minimum atomic E-state index is 0.292. The molecule has 0 fully saturated rings. The van der Waals surface area contributed by atoms with E-state index in [1.807, 2.05) is 25.1 Å². The zero-order valence-electron chi connectivity index (χ0n) is 10.8. The minimum Gasteiger partial charge on any atom is -0.496 e. The van der Waals surface area contributed by atoms with Crippen molar-refractivity contribution in [3.8, 4) is 11.5 Å². The maximum absolute atomic E-state index is 11.5. The number of ether oxygens (including phenoxy) is 2. The number of carbonyl (C=O) groups excluding carboxylic acids is 1. The average molecular weight is 236 g/mol. The smallest absolute Gasteiger partial charge is 0.133 e. The van der Waals surface area contributed by atoms with Crippen LogP contribution in [0.1, 0.15) is 31.7 Å². The molecule has 1 aromatic rings. The molecule has 0 bridgehead atoms. The molecule has 0 atom stereocenters. The fourth-order valence-electron chi connectivity index (χ4n) is 1.84. The highest BCUT2D eigenvalue weighted by molar-refractivity contribution is 5.78. The molecule has 3 heteroatoms. The highest BCUT2D eigenvalue weighted by Crippen LogP contribution is 2.29. The Morgan fingerprint density at radius 1 is 1.12 bits per heavy atom. The molecule has 94 valence electrons. The first kappa shape index (κ1) is 13.6. The van der Waals surface area contributed by atoms with Crippen LogP contribution in [0.4, 0.5) is 0 Å². The first-order chi connectivity index (χ1) is 8.22. The number of benzene rings is 1. The van der Waals surface area contributed by atoms with Crippen LogP contribution >= 0.6 is 0 Å². The van der Waals surface area contributed by atoms with Crippen molar-refractivity contribution in [3.63, 3.8) is 0 Å². The second kappa shape index (κ2) is 6.94.